The topological polar surface area (TPSA) is 72.6 Å². The minimum absolute atomic E-state index is 0.122. The molecule has 0 N–H and O–H groups in total. The highest BCUT2D eigenvalue weighted by atomic mass is 32.2. The van der Waals surface area contributed by atoms with Crippen LogP contribution in [-0.4, -0.2) is 43.7 Å². The van der Waals surface area contributed by atoms with Crippen LogP contribution in [0.4, 0.5) is 0 Å². The van der Waals surface area contributed by atoms with Gasteiger partial charge in [0.25, 0.3) is 0 Å². The van der Waals surface area contributed by atoms with Crippen molar-refractivity contribution in [3.8, 4) is 0 Å². The van der Waals surface area contributed by atoms with Crippen molar-refractivity contribution in [3.05, 3.63) is 53.9 Å². The van der Waals surface area contributed by atoms with E-state index in [9.17, 15) is 8.42 Å². The summed E-state index contributed by atoms with van der Waals surface area (Å²) < 4.78 is 36.8. The van der Waals surface area contributed by atoms with Crippen LogP contribution in [0.5, 0.6) is 0 Å². The number of nitrogens with zero attached hydrogens (tertiary/aromatic N) is 2. The van der Waals surface area contributed by atoms with Crippen LogP contribution < -0.4 is 0 Å². The van der Waals surface area contributed by atoms with Gasteiger partial charge < -0.3 is 9.26 Å². The van der Waals surface area contributed by atoms with Gasteiger partial charge in [-0.3, -0.25) is 0 Å². The average molecular weight is 322 g/mol. The van der Waals surface area contributed by atoms with E-state index in [-0.39, 0.29) is 11.9 Å². The monoisotopic (exact) mass is 322 g/mol. The van der Waals surface area contributed by atoms with Crippen LogP contribution in [0, 0.1) is 0 Å². The van der Waals surface area contributed by atoms with Gasteiger partial charge in [-0.2, -0.15) is 4.31 Å². The molecule has 1 aliphatic rings. The third kappa shape index (κ3) is 3.73. The van der Waals surface area contributed by atoms with Gasteiger partial charge in [-0.05, 0) is 12.0 Å². The zero-order chi connectivity index (χ0) is 15.4. The molecular formula is C15H18N2O4S. The fraction of sp³-hybridized carbons (Fsp3) is 0.400. The molecule has 1 aliphatic heterocycles. The molecule has 2 heterocycles. The standard InChI is InChI=1S/C15H18N2O4S/c18-22(19,12-14-6-8-21-16-14)17-7-9-20-15(11-17)10-13-4-2-1-3-5-13/h1-6,8,15H,7,9-12H2. The molecule has 1 aromatic carbocycles. The van der Waals surface area contributed by atoms with Crippen LogP contribution in [0.3, 0.4) is 0 Å². The molecule has 1 atom stereocenters. The van der Waals surface area contributed by atoms with E-state index >= 15 is 0 Å². The Kier molecular flexibility index (Phi) is 4.56. The van der Waals surface area contributed by atoms with Crippen molar-refractivity contribution >= 4 is 10.0 Å². The number of hydrogen-bond acceptors (Lipinski definition) is 5. The van der Waals surface area contributed by atoms with E-state index < -0.39 is 10.0 Å². The third-order valence-corrected chi connectivity index (χ3v) is 5.40. The number of benzene rings is 1. The van der Waals surface area contributed by atoms with Crippen LogP contribution in [0.15, 0.2) is 47.2 Å². The van der Waals surface area contributed by atoms with E-state index in [4.69, 9.17) is 9.26 Å². The summed E-state index contributed by atoms with van der Waals surface area (Å²) in [5.41, 5.74) is 1.56. The van der Waals surface area contributed by atoms with Crippen LogP contribution >= 0.6 is 0 Å². The Morgan fingerprint density at radius 3 is 2.77 bits per heavy atom. The molecular weight excluding hydrogens is 304 g/mol. The fourth-order valence-electron chi connectivity index (χ4n) is 2.54. The summed E-state index contributed by atoms with van der Waals surface area (Å²) in [4.78, 5) is 0. The van der Waals surface area contributed by atoms with Crippen molar-refractivity contribution in [2.45, 2.75) is 18.3 Å². The van der Waals surface area contributed by atoms with Gasteiger partial charge in [0, 0.05) is 19.2 Å². The molecule has 2 aromatic rings. The Morgan fingerprint density at radius 1 is 1.23 bits per heavy atom. The Balaban J connectivity index is 1.65. The largest absolute Gasteiger partial charge is 0.375 e. The second kappa shape index (κ2) is 6.60. The van der Waals surface area contributed by atoms with Crippen molar-refractivity contribution in [1.29, 1.82) is 0 Å². The van der Waals surface area contributed by atoms with Gasteiger partial charge in [0.05, 0.1) is 18.4 Å². The number of sulfonamides is 1. The summed E-state index contributed by atoms with van der Waals surface area (Å²) in [5, 5.41) is 3.67. The van der Waals surface area contributed by atoms with Crippen molar-refractivity contribution in [1.82, 2.24) is 9.46 Å². The minimum Gasteiger partial charge on any atom is -0.375 e. The molecule has 0 saturated carbocycles. The molecule has 1 unspecified atom stereocenters. The summed E-state index contributed by atoms with van der Waals surface area (Å²) in [5.74, 6) is -0.137. The quantitative estimate of drug-likeness (QED) is 0.833. The lowest BCUT2D eigenvalue weighted by molar-refractivity contribution is -0.000554. The maximum Gasteiger partial charge on any atom is 0.220 e. The Bertz CT molecular complexity index is 686. The van der Waals surface area contributed by atoms with E-state index in [0.717, 1.165) is 5.56 Å². The first-order chi connectivity index (χ1) is 10.6. The van der Waals surface area contributed by atoms with Crippen LogP contribution in [0.25, 0.3) is 0 Å². The number of aromatic nitrogens is 1. The first-order valence-electron chi connectivity index (χ1n) is 7.16. The van der Waals surface area contributed by atoms with Crippen LogP contribution in [0.1, 0.15) is 11.3 Å². The van der Waals surface area contributed by atoms with Gasteiger partial charge in [-0.25, -0.2) is 8.42 Å². The van der Waals surface area contributed by atoms with E-state index in [1.807, 2.05) is 30.3 Å². The smallest absolute Gasteiger partial charge is 0.220 e. The molecule has 118 valence electrons. The molecule has 0 spiro atoms. The molecule has 22 heavy (non-hydrogen) atoms. The Morgan fingerprint density at radius 2 is 2.05 bits per heavy atom. The SMILES string of the molecule is O=S(=O)(Cc1ccon1)N1CCOC(Cc2ccccc2)C1. The van der Waals surface area contributed by atoms with Crippen LogP contribution in [0.2, 0.25) is 0 Å². The molecule has 6 nitrogen and oxygen atoms in total. The van der Waals surface area contributed by atoms with Gasteiger partial charge in [0.2, 0.25) is 10.0 Å². The number of hydrogen-bond donors (Lipinski definition) is 0. The molecule has 1 fully saturated rings. The third-order valence-electron chi connectivity index (χ3n) is 3.62. The minimum atomic E-state index is -3.40. The zero-order valence-electron chi connectivity index (χ0n) is 12.1. The zero-order valence-corrected chi connectivity index (χ0v) is 12.9. The highest BCUT2D eigenvalue weighted by Crippen LogP contribution is 2.17. The summed E-state index contributed by atoms with van der Waals surface area (Å²) in [6, 6.07) is 11.5. The van der Waals surface area contributed by atoms with E-state index in [0.29, 0.717) is 31.8 Å². The Hall–Kier alpha value is -1.70. The highest BCUT2D eigenvalue weighted by molar-refractivity contribution is 7.88. The second-order valence-corrected chi connectivity index (χ2v) is 7.26. The van der Waals surface area contributed by atoms with E-state index in [1.54, 1.807) is 6.07 Å². The van der Waals surface area contributed by atoms with Gasteiger partial charge >= 0.3 is 0 Å². The predicted molar refractivity (Wildman–Crippen MR) is 80.6 cm³/mol. The second-order valence-electron chi connectivity index (χ2n) is 5.29. The normalized spacial score (nSPS) is 20.1. The van der Waals surface area contributed by atoms with Gasteiger partial charge in [-0.1, -0.05) is 35.5 Å². The predicted octanol–water partition coefficient (Wildman–Crippen LogP) is 1.45. The maximum atomic E-state index is 12.4. The molecule has 0 bridgehead atoms. The molecule has 3 rings (SSSR count). The Labute approximate surface area is 129 Å². The highest BCUT2D eigenvalue weighted by Gasteiger charge is 2.30. The lowest BCUT2D eigenvalue weighted by atomic mass is 10.1. The van der Waals surface area contributed by atoms with Gasteiger partial charge in [0.15, 0.2) is 0 Å². The number of rotatable bonds is 5. The summed E-state index contributed by atoms with van der Waals surface area (Å²) in [6.45, 7) is 1.16. The molecule has 1 saturated heterocycles. The van der Waals surface area contributed by atoms with Crippen molar-refractivity contribution < 1.29 is 17.7 Å². The summed E-state index contributed by atoms with van der Waals surface area (Å²) in [7, 11) is -3.40. The van der Waals surface area contributed by atoms with Crippen molar-refractivity contribution in [2.75, 3.05) is 19.7 Å². The first kappa shape index (κ1) is 15.2. The first-order valence-corrected chi connectivity index (χ1v) is 8.77. The maximum absolute atomic E-state index is 12.4. The summed E-state index contributed by atoms with van der Waals surface area (Å²) in [6.07, 6.45) is 1.96. The summed E-state index contributed by atoms with van der Waals surface area (Å²) >= 11 is 0. The van der Waals surface area contributed by atoms with Crippen molar-refractivity contribution in [2.24, 2.45) is 0 Å². The number of morpholine rings is 1. The molecule has 1 aromatic heterocycles. The van der Waals surface area contributed by atoms with Crippen LogP contribution in [-0.2, 0) is 26.9 Å². The molecule has 7 heteroatoms. The van der Waals surface area contributed by atoms with Gasteiger partial charge in [-0.15, -0.1) is 0 Å². The average Bonchev–Trinajstić information content (AvgIpc) is 3.01. The van der Waals surface area contributed by atoms with Crippen molar-refractivity contribution in [3.63, 3.8) is 0 Å². The molecule has 0 amide bonds. The fourth-order valence-corrected chi connectivity index (χ4v) is 3.99. The van der Waals surface area contributed by atoms with E-state index in [2.05, 4.69) is 5.16 Å². The van der Waals surface area contributed by atoms with Gasteiger partial charge in [0.1, 0.15) is 12.0 Å². The lowest BCUT2D eigenvalue weighted by Crippen LogP contribution is -2.46. The molecule has 0 aliphatic carbocycles. The number of ether oxygens (including phenoxy) is 1. The van der Waals surface area contributed by atoms with E-state index in [1.165, 1.54) is 10.6 Å². The molecule has 0 radical (unpaired) electrons. The lowest BCUT2D eigenvalue weighted by Gasteiger charge is -2.32.